The van der Waals surface area contributed by atoms with E-state index in [1.807, 2.05) is 19.1 Å². The fraction of sp³-hybridized carbons (Fsp3) is 0.200. The minimum atomic E-state index is -0.142. The van der Waals surface area contributed by atoms with Crippen molar-refractivity contribution in [1.82, 2.24) is 15.4 Å². The van der Waals surface area contributed by atoms with Crippen LogP contribution in [-0.2, 0) is 11.2 Å². The molecule has 0 spiro atoms. The second-order valence-corrected chi connectivity index (χ2v) is 4.85. The fourth-order valence-electron chi connectivity index (χ4n) is 2.15. The molecular weight excluding hydrogens is 284 g/mol. The number of hydrogen-bond donors (Lipinski definition) is 1. The van der Waals surface area contributed by atoms with Crippen molar-refractivity contribution in [1.29, 1.82) is 0 Å². The third-order valence-corrected chi connectivity index (χ3v) is 3.27. The summed E-state index contributed by atoms with van der Waals surface area (Å²) in [7, 11) is 0. The number of nitrogens with zero attached hydrogens (tertiary/aromatic N) is 3. The van der Waals surface area contributed by atoms with Crippen LogP contribution >= 0.6 is 0 Å². The highest BCUT2D eigenvalue weighted by molar-refractivity contribution is 5.93. The fourth-order valence-corrected chi connectivity index (χ4v) is 2.15. The summed E-state index contributed by atoms with van der Waals surface area (Å²) >= 11 is 0. The first-order valence-electron chi connectivity index (χ1n) is 6.71. The molecule has 0 saturated heterocycles. The van der Waals surface area contributed by atoms with Gasteiger partial charge in [-0.1, -0.05) is 11.2 Å². The lowest BCUT2D eigenvalue weighted by molar-refractivity contribution is -0.115. The molecular formula is C15H14N4O3. The number of aromatic nitrogens is 3. The maximum Gasteiger partial charge on any atom is 0.247 e. The van der Waals surface area contributed by atoms with Crippen molar-refractivity contribution in [2.24, 2.45) is 0 Å². The van der Waals surface area contributed by atoms with Gasteiger partial charge in [0.2, 0.25) is 18.2 Å². The van der Waals surface area contributed by atoms with Gasteiger partial charge in [-0.2, -0.15) is 0 Å². The first kappa shape index (κ1) is 14.0. The van der Waals surface area contributed by atoms with Crippen molar-refractivity contribution >= 4 is 11.6 Å². The molecule has 0 saturated carbocycles. The van der Waals surface area contributed by atoms with Crippen molar-refractivity contribution in [3.05, 3.63) is 47.7 Å². The van der Waals surface area contributed by atoms with Crippen LogP contribution < -0.4 is 5.32 Å². The summed E-state index contributed by atoms with van der Waals surface area (Å²) in [5.74, 6) is 0.922. The van der Waals surface area contributed by atoms with E-state index in [2.05, 4.69) is 20.7 Å². The highest BCUT2D eigenvalue weighted by Gasteiger charge is 2.14. The Morgan fingerprint density at radius 1 is 1.32 bits per heavy atom. The third kappa shape index (κ3) is 2.88. The highest BCUT2D eigenvalue weighted by Crippen LogP contribution is 2.21. The Bertz CT molecular complexity index is 773. The van der Waals surface area contributed by atoms with E-state index in [9.17, 15) is 4.79 Å². The van der Waals surface area contributed by atoms with E-state index < -0.39 is 0 Å². The Hall–Kier alpha value is -2.96. The van der Waals surface area contributed by atoms with E-state index in [0.717, 1.165) is 16.8 Å². The summed E-state index contributed by atoms with van der Waals surface area (Å²) < 4.78 is 10.2. The van der Waals surface area contributed by atoms with E-state index in [4.69, 9.17) is 8.94 Å². The van der Waals surface area contributed by atoms with Crippen LogP contribution in [0.15, 0.2) is 39.6 Å². The van der Waals surface area contributed by atoms with Crippen molar-refractivity contribution in [3.63, 3.8) is 0 Å². The molecule has 2 heterocycles. The Morgan fingerprint density at radius 2 is 2.18 bits per heavy atom. The Balaban J connectivity index is 1.73. The molecule has 2 aromatic heterocycles. The minimum Gasteiger partial charge on any atom is -0.423 e. The lowest BCUT2D eigenvalue weighted by atomic mass is 10.1. The molecule has 1 N–H and O–H groups in total. The molecule has 0 aliphatic rings. The summed E-state index contributed by atoms with van der Waals surface area (Å²) in [4.78, 5) is 12.2. The van der Waals surface area contributed by atoms with Gasteiger partial charge in [0.25, 0.3) is 0 Å². The molecule has 0 bridgehead atoms. The zero-order valence-electron chi connectivity index (χ0n) is 12.2. The van der Waals surface area contributed by atoms with Gasteiger partial charge in [0.05, 0.1) is 12.1 Å². The zero-order valence-corrected chi connectivity index (χ0v) is 12.2. The molecule has 0 radical (unpaired) electrons. The first-order valence-corrected chi connectivity index (χ1v) is 6.71. The van der Waals surface area contributed by atoms with Gasteiger partial charge in [-0.25, -0.2) is 0 Å². The number of rotatable bonds is 4. The van der Waals surface area contributed by atoms with Crippen LogP contribution in [0.5, 0.6) is 0 Å². The summed E-state index contributed by atoms with van der Waals surface area (Å²) in [6, 6.07) is 7.21. The molecule has 0 aliphatic heterocycles. The van der Waals surface area contributed by atoms with Gasteiger partial charge in [-0.05, 0) is 32.0 Å². The Morgan fingerprint density at radius 3 is 2.86 bits per heavy atom. The lowest BCUT2D eigenvalue weighted by Crippen LogP contribution is -2.15. The number of benzene rings is 1. The minimum absolute atomic E-state index is 0.142. The normalized spacial score (nSPS) is 10.6. The maximum atomic E-state index is 12.2. The lowest BCUT2D eigenvalue weighted by Gasteiger charge is -2.06. The summed E-state index contributed by atoms with van der Waals surface area (Å²) in [6.07, 6.45) is 1.48. The van der Waals surface area contributed by atoms with Crippen LogP contribution in [0.2, 0.25) is 0 Å². The average molecular weight is 298 g/mol. The number of nitrogens with one attached hydrogen (secondary N) is 1. The Kier molecular flexibility index (Phi) is 3.69. The summed E-state index contributed by atoms with van der Waals surface area (Å²) in [5.41, 5.74) is 2.94. The molecule has 0 atom stereocenters. The monoisotopic (exact) mass is 298 g/mol. The molecule has 1 amide bonds. The molecule has 22 heavy (non-hydrogen) atoms. The van der Waals surface area contributed by atoms with Crippen LogP contribution in [0.1, 0.15) is 17.0 Å². The van der Waals surface area contributed by atoms with Gasteiger partial charge < -0.3 is 14.3 Å². The first-order chi connectivity index (χ1) is 10.6. The summed E-state index contributed by atoms with van der Waals surface area (Å²) in [5, 5.41) is 14.2. The van der Waals surface area contributed by atoms with Gasteiger partial charge in [0.1, 0.15) is 5.76 Å². The molecule has 0 fully saturated rings. The van der Waals surface area contributed by atoms with Gasteiger partial charge in [0, 0.05) is 16.8 Å². The number of aryl methyl sites for hydroxylation is 2. The molecule has 0 aliphatic carbocycles. The van der Waals surface area contributed by atoms with Crippen LogP contribution in [0.3, 0.4) is 0 Å². The van der Waals surface area contributed by atoms with Crippen molar-refractivity contribution in [2.75, 3.05) is 5.32 Å². The Labute approximate surface area is 126 Å². The molecule has 7 heteroatoms. The molecule has 3 rings (SSSR count). The number of amides is 1. The van der Waals surface area contributed by atoms with E-state index >= 15 is 0 Å². The topological polar surface area (TPSA) is 94.1 Å². The van der Waals surface area contributed by atoms with E-state index in [-0.39, 0.29) is 12.3 Å². The third-order valence-electron chi connectivity index (χ3n) is 3.27. The molecule has 3 aromatic rings. The van der Waals surface area contributed by atoms with Crippen LogP contribution in [0.4, 0.5) is 5.69 Å². The highest BCUT2D eigenvalue weighted by atomic mass is 16.5. The predicted molar refractivity (Wildman–Crippen MR) is 78.0 cm³/mol. The molecule has 112 valence electrons. The van der Waals surface area contributed by atoms with Gasteiger partial charge in [0.15, 0.2) is 0 Å². The van der Waals surface area contributed by atoms with E-state index in [0.29, 0.717) is 17.3 Å². The van der Waals surface area contributed by atoms with Gasteiger partial charge in [-0.3, -0.25) is 4.79 Å². The second-order valence-electron chi connectivity index (χ2n) is 4.85. The van der Waals surface area contributed by atoms with Crippen molar-refractivity contribution in [2.45, 2.75) is 20.3 Å². The predicted octanol–water partition coefficient (Wildman–Crippen LogP) is 2.52. The summed E-state index contributed by atoms with van der Waals surface area (Å²) in [6.45, 7) is 3.61. The molecule has 0 unspecified atom stereocenters. The molecule has 7 nitrogen and oxygen atoms in total. The number of hydrogen-bond acceptors (Lipinski definition) is 6. The quantitative estimate of drug-likeness (QED) is 0.795. The average Bonchev–Trinajstić information content (AvgIpc) is 3.13. The smallest absolute Gasteiger partial charge is 0.247 e. The number of anilines is 1. The second kappa shape index (κ2) is 5.80. The van der Waals surface area contributed by atoms with Crippen LogP contribution in [0, 0.1) is 13.8 Å². The standard InChI is InChI=1S/C15H14N4O3/c1-9-13(10(2)22-19-9)7-14(20)17-12-5-3-4-11(6-12)15-18-16-8-21-15/h3-6,8H,7H2,1-2H3,(H,17,20). The van der Waals surface area contributed by atoms with Gasteiger partial charge in [-0.15, -0.1) is 10.2 Å². The molecule has 1 aromatic carbocycles. The van der Waals surface area contributed by atoms with Crippen LogP contribution in [0.25, 0.3) is 11.5 Å². The number of carbonyl (C=O) groups excluding carboxylic acids is 1. The van der Waals surface area contributed by atoms with E-state index in [1.54, 1.807) is 19.1 Å². The van der Waals surface area contributed by atoms with Gasteiger partial charge >= 0.3 is 0 Å². The van der Waals surface area contributed by atoms with E-state index in [1.165, 1.54) is 6.39 Å². The maximum absolute atomic E-state index is 12.2. The van der Waals surface area contributed by atoms with Crippen molar-refractivity contribution < 1.29 is 13.7 Å². The SMILES string of the molecule is Cc1noc(C)c1CC(=O)Nc1cccc(-c2nnco2)c1. The van der Waals surface area contributed by atoms with Crippen LogP contribution in [-0.4, -0.2) is 21.3 Å². The number of carbonyl (C=O) groups is 1. The van der Waals surface area contributed by atoms with Crippen molar-refractivity contribution in [3.8, 4) is 11.5 Å². The zero-order chi connectivity index (χ0) is 15.5. The largest absolute Gasteiger partial charge is 0.423 e.